The Hall–Kier alpha value is -0.610. The lowest BCUT2D eigenvalue weighted by atomic mass is 9.65. The first-order valence-electron chi connectivity index (χ1n) is 7.87. The summed E-state index contributed by atoms with van der Waals surface area (Å²) in [4.78, 5) is 4.70. The number of halogens is 1. The molecule has 1 unspecified atom stereocenters. The maximum Gasteiger partial charge on any atom is 0.230 e. The Labute approximate surface area is 126 Å². The molecule has 0 amide bonds. The fourth-order valence-electron chi connectivity index (χ4n) is 4.50. The van der Waals surface area contributed by atoms with Crippen molar-refractivity contribution in [1.29, 1.82) is 0 Å². The van der Waals surface area contributed by atoms with Gasteiger partial charge in [0.15, 0.2) is 5.82 Å². The van der Waals surface area contributed by atoms with Gasteiger partial charge in [-0.2, -0.15) is 4.98 Å². The van der Waals surface area contributed by atoms with Gasteiger partial charge < -0.3 is 10.3 Å². The third kappa shape index (κ3) is 2.27. The molecule has 1 aromatic rings. The minimum absolute atomic E-state index is 0. The van der Waals surface area contributed by atoms with Crippen LogP contribution >= 0.6 is 12.4 Å². The Balaban J connectivity index is 0.00000121. The second-order valence-electron chi connectivity index (χ2n) is 6.94. The summed E-state index contributed by atoms with van der Waals surface area (Å²) in [5.74, 6) is 3.82. The van der Waals surface area contributed by atoms with Crippen LogP contribution < -0.4 is 5.73 Å². The zero-order valence-corrected chi connectivity index (χ0v) is 12.7. The zero-order chi connectivity index (χ0) is 12.9. The first kappa shape index (κ1) is 14.3. The molecule has 20 heavy (non-hydrogen) atoms. The third-order valence-electron chi connectivity index (χ3n) is 5.75. The third-order valence-corrected chi connectivity index (χ3v) is 5.75. The average Bonchev–Trinajstić information content (AvgIpc) is 3.09. The molecule has 1 aromatic heterocycles. The van der Waals surface area contributed by atoms with Gasteiger partial charge in [0.2, 0.25) is 5.89 Å². The molecule has 0 aromatic carbocycles. The zero-order valence-electron chi connectivity index (χ0n) is 11.9. The molecular formula is C15H24ClN3O. The van der Waals surface area contributed by atoms with Gasteiger partial charge in [-0.15, -0.1) is 12.4 Å². The number of fused-ring (bicyclic) bond motifs is 3. The van der Waals surface area contributed by atoms with Gasteiger partial charge in [0.05, 0.1) is 5.54 Å². The number of nitrogens with two attached hydrogens (primary N) is 1. The van der Waals surface area contributed by atoms with E-state index in [0.717, 1.165) is 36.4 Å². The molecule has 0 radical (unpaired) electrons. The van der Waals surface area contributed by atoms with Crippen LogP contribution in [-0.2, 0) is 5.54 Å². The van der Waals surface area contributed by atoms with E-state index in [-0.39, 0.29) is 17.9 Å². The van der Waals surface area contributed by atoms with Gasteiger partial charge in [-0.05, 0) is 43.9 Å². The van der Waals surface area contributed by atoms with Crippen molar-refractivity contribution in [3.63, 3.8) is 0 Å². The van der Waals surface area contributed by atoms with Gasteiger partial charge in [-0.25, -0.2) is 0 Å². The van der Waals surface area contributed by atoms with E-state index in [0.29, 0.717) is 5.92 Å². The molecule has 112 valence electrons. The summed E-state index contributed by atoms with van der Waals surface area (Å²) in [6.07, 6.45) is 11.1. The summed E-state index contributed by atoms with van der Waals surface area (Å²) >= 11 is 0. The van der Waals surface area contributed by atoms with E-state index in [1.807, 2.05) is 0 Å². The summed E-state index contributed by atoms with van der Waals surface area (Å²) in [5, 5.41) is 4.22. The van der Waals surface area contributed by atoms with E-state index >= 15 is 0 Å². The van der Waals surface area contributed by atoms with E-state index in [2.05, 4.69) is 5.16 Å². The van der Waals surface area contributed by atoms with Crippen LogP contribution in [0.3, 0.4) is 0 Å². The topological polar surface area (TPSA) is 64.9 Å². The van der Waals surface area contributed by atoms with Crippen LogP contribution in [0.15, 0.2) is 4.52 Å². The molecule has 4 aliphatic rings. The van der Waals surface area contributed by atoms with Crippen molar-refractivity contribution in [2.24, 2.45) is 17.6 Å². The molecule has 1 heterocycles. The van der Waals surface area contributed by atoms with E-state index in [9.17, 15) is 0 Å². The Morgan fingerprint density at radius 3 is 2.40 bits per heavy atom. The van der Waals surface area contributed by atoms with Crippen molar-refractivity contribution in [1.82, 2.24) is 10.1 Å². The monoisotopic (exact) mass is 297 g/mol. The Morgan fingerprint density at radius 1 is 1.10 bits per heavy atom. The molecule has 4 saturated carbocycles. The quantitative estimate of drug-likeness (QED) is 0.907. The Bertz CT molecular complexity index is 461. The normalized spacial score (nSPS) is 35.0. The maximum atomic E-state index is 6.41. The summed E-state index contributed by atoms with van der Waals surface area (Å²) in [6, 6.07) is 0. The minimum Gasteiger partial charge on any atom is -0.339 e. The number of rotatable bonds is 2. The van der Waals surface area contributed by atoms with Crippen molar-refractivity contribution in [3.05, 3.63) is 11.7 Å². The summed E-state index contributed by atoms with van der Waals surface area (Å²) in [7, 11) is 0. The molecule has 0 saturated heterocycles. The van der Waals surface area contributed by atoms with Crippen molar-refractivity contribution in [2.45, 2.75) is 69.2 Å². The van der Waals surface area contributed by atoms with Gasteiger partial charge in [0.25, 0.3) is 0 Å². The summed E-state index contributed by atoms with van der Waals surface area (Å²) < 4.78 is 5.59. The van der Waals surface area contributed by atoms with Crippen LogP contribution in [0.5, 0.6) is 0 Å². The number of nitrogens with zero attached hydrogens (tertiary/aromatic N) is 2. The summed E-state index contributed by atoms with van der Waals surface area (Å²) in [5.41, 5.74) is 6.10. The highest BCUT2D eigenvalue weighted by Crippen LogP contribution is 2.49. The molecule has 1 atom stereocenters. The lowest BCUT2D eigenvalue weighted by molar-refractivity contribution is 0.123. The van der Waals surface area contributed by atoms with Gasteiger partial charge in [0.1, 0.15) is 0 Å². The first-order valence-corrected chi connectivity index (χ1v) is 7.87. The molecular weight excluding hydrogens is 274 g/mol. The molecule has 5 heteroatoms. The highest BCUT2D eigenvalue weighted by molar-refractivity contribution is 5.85. The van der Waals surface area contributed by atoms with Crippen LogP contribution in [-0.4, -0.2) is 10.1 Å². The largest absolute Gasteiger partial charge is 0.339 e. The lowest BCUT2D eigenvalue weighted by Gasteiger charge is -2.40. The van der Waals surface area contributed by atoms with Crippen molar-refractivity contribution in [2.75, 3.05) is 0 Å². The van der Waals surface area contributed by atoms with Gasteiger partial charge in [-0.1, -0.05) is 30.8 Å². The smallest absolute Gasteiger partial charge is 0.230 e. The standard InChI is InChI=1S/C15H23N3O.ClH/c16-15(7-1-2-8-15)14-17-13(19-18-14)12-9-10-3-5-11(12)6-4-10;/h10-12H,1-9,16H2;1H. The lowest BCUT2D eigenvalue weighted by Crippen LogP contribution is -2.34. The first-order chi connectivity index (χ1) is 9.24. The summed E-state index contributed by atoms with van der Waals surface area (Å²) in [6.45, 7) is 0. The van der Waals surface area contributed by atoms with Crippen LogP contribution in [0.4, 0.5) is 0 Å². The second-order valence-corrected chi connectivity index (χ2v) is 6.94. The van der Waals surface area contributed by atoms with Crippen molar-refractivity contribution >= 4 is 12.4 Å². The highest BCUT2D eigenvalue weighted by atomic mass is 35.5. The number of hydrogen-bond acceptors (Lipinski definition) is 4. The van der Waals surface area contributed by atoms with E-state index in [1.54, 1.807) is 0 Å². The SMILES string of the molecule is Cl.NC1(c2noc(C3CC4CCC3CC4)n2)CCCC1. The van der Waals surface area contributed by atoms with E-state index < -0.39 is 0 Å². The maximum absolute atomic E-state index is 6.41. The number of hydrogen-bond donors (Lipinski definition) is 1. The van der Waals surface area contributed by atoms with Crippen molar-refractivity contribution in [3.8, 4) is 0 Å². The average molecular weight is 298 g/mol. The molecule has 2 N–H and O–H groups in total. The van der Waals surface area contributed by atoms with Crippen LogP contribution in [0.2, 0.25) is 0 Å². The molecule has 0 spiro atoms. The highest BCUT2D eigenvalue weighted by Gasteiger charge is 2.41. The fourth-order valence-corrected chi connectivity index (χ4v) is 4.50. The van der Waals surface area contributed by atoms with Crippen LogP contribution in [0, 0.1) is 11.8 Å². The van der Waals surface area contributed by atoms with E-state index in [4.69, 9.17) is 15.2 Å². The molecule has 4 fully saturated rings. The predicted molar refractivity (Wildman–Crippen MR) is 78.7 cm³/mol. The Morgan fingerprint density at radius 2 is 1.80 bits per heavy atom. The van der Waals surface area contributed by atoms with Crippen molar-refractivity contribution < 1.29 is 4.52 Å². The van der Waals surface area contributed by atoms with Crippen LogP contribution in [0.1, 0.15) is 75.4 Å². The molecule has 4 nitrogen and oxygen atoms in total. The molecule has 4 aliphatic carbocycles. The number of aromatic nitrogens is 2. The molecule has 2 bridgehead atoms. The molecule has 5 rings (SSSR count). The van der Waals surface area contributed by atoms with Crippen LogP contribution in [0.25, 0.3) is 0 Å². The fraction of sp³-hybridized carbons (Fsp3) is 0.867. The molecule has 0 aliphatic heterocycles. The van der Waals surface area contributed by atoms with Gasteiger partial charge in [0, 0.05) is 5.92 Å². The Kier molecular flexibility index (Phi) is 3.80. The van der Waals surface area contributed by atoms with Gasteiger partial charge >= 0.3 is 0 Å². The minimum atomic E-state index is -0.310. The van der Waals surface area contributed by atoms with Gasteiger partial charge in [-0.3, -0.25) is 0 Å². The second kappa shape index (κ2) is 5.30. The van der Waals surface area contributed by atoms with E-state index in [1.165, 1.54) is 44.9 Å². The predicted octanol–water partition coefficient (Wildman–Crippen LogP) is 3.51.